The predicted octanol–water partition coefficient (Wildman–Crippen LogP) is 2.25. The highest BCUT2D eigenvalue weighted by Gasteiger charge is 2.12. The van der Waals surface area contributed by atoms with Crippen molar-refractivity contribution < 1.29 is 9.47 Å². The molecule has 0 saturated heterocycles. The van der Waals surface area contributed by atoms with Gasteiger partial charge in [-0.2, -0.15) is 0 Å². The highest BCUT2D eigenvalue weighted by molar-refractivity contribution is 6.34. The third-order valence-corrected chi connectivity index (χ3v) is 2.39. The molecule has 0 aliphatic carbocycles. The van der Waals surface area contributed by atoms with Gasteiger partial charge >= 0.3 is 0 Å². The molecular weight excluding hydrogens is 190 g/mol. The summed E-state index contributed by atoms with van der Waals surface area (Å²) < 4.78 is 10.1. The summed E-state index contributed by atoms with van der Waals surface area (Å²) in [5, 5.41) is 0.483. The maximum absolute atomic E-state index is 5.96. The Hall–Kier alpha value is -1.09. The van der Waals surface area contributed by atoms with Crippen molar-refractivity contribution in [2.45, 2.75) is 6.92 Å². The molecule has 0 heterocycles. The van der Waals surface area contributed by atoms with Crippen molar-refractivity contribution in [1.82, 2.24) is 0 Å². The maximum atomic E-state index is 5.96. The maximum Gasteiger partial charge on any atom is 0.146 e. The first-order chi connectivity index (χ1) is 6.11. The van der Waals surface area contributed by atoms with Gasteiger partial charge in [-0.15, -0.1) is 0 Å². The molecule has 0 unspecified atom stereocenters. The van der Waals surface area contributed by atoms with Crippen LogP contribution in [0.2, 0.25) is 5.02 Å². The lowest BCUT2D eigenvalue weighted by atomic mass is 10.2. The number of nitrogen functional groups attached to an aromatic ring is 1. The summed E-state index contributed by atoms with van der Waals surface area (Å²) in [5.74, 6) is 1.21. The van der Waals surface area contributed by atoms with Crippen LogP contribution in [0.5, 0.6) is 11.5 Å². The lowest BCUT2D eigenvalue weighted by Crippen LogP contribution is -1.97. The Balaban J connectivity index is 3.36. The summed E-state index contributed by atoms with van der Waals surface area (Å²) >= 11 is 5.96. The minimum absolute atomic E-state index is 0.447. The van der Waals surface area contributed by atoms with E-state index in [0.29, 0.717) is 22.2 Å². The molecule has 0 atom stereocenters. The Morgan fingerprint density at radius 1 is 1.23 bits per heavy atom. The average molecular weight is 202 g/mol. The second-order valence-electron chi connectivity index (χ2n) is 2.63. The number of hydrogen-bond donors (Lipinski definition) is 1. The van der Waals surface area contributed by atoms with Crippen molar-refractivity contribution in [2.24, 2.45) is 0 Å². The molecule has 0 bridgehead atoms. The Morgan fingerprint density at radius 3 is 2.23 bits per heavy atom. The van der Waals surface area contributed by atoms with Gasteiger partial charge in [0.05, 0.1) is 24.9 Å². The number of rotatable bonds is 2. The largest absolute Gasteiger partial charge is 0.496 e. The Labute approximate surface area is 82.4 Å². The monoisotopic (exact) mass is 201 g/mol. The molecule has 72 valence electrons. The van der Waals surface area contributed by atoms with Crippen LogP contribution in [0.15, 0.2) is 6.07 Å². The van der Waals surface area contributed by atoms with Crippen molar-refractivity contribution in [2.75, 3.05) is 20.0 Å². The van der Waals surface area contributed by atoms with E-state index in [1.54, 1.807) is 13.2 Å². The topological polar surface area (TPSA) is 44.5 Å². The quantitative estimate of drug-likeness (QED) is 0.747. The fraction of sp³-hybridized carbons (Fsp3) is 0.333. The standard InChI is InChI=1S/C9H12ClNO2/c1-5-6(12-2)4-7(13-3)9(11)8(5)10/h4H,11H2,1-3H3. The van der Waals surface area contributed by atoms with E-state index in [2.05, 4.69) is 0 Å². The molecule has 13 heavy (non-hydrogen) atoms. The van der Waals surface area contributed by atoms with Crippen LogP contribution in [-0.4, -0.2) is 14.2 Å². The fourth-order valence-corrected chi connectivity index (χ4v) is 1.29. The van der Waals surface area contributed by atoms with Crippen LogP contribution < -0.4 is 15.2 Å². The summed E-state index contributed by atoms with van der Waals surface area (Å²) in [4.78, 5) is 0. The lowest BCUT2D eigenvalue weighted by molar-refractivity contribution is 0.394. The second-order valence-corrected chi connectivity index (χ2v) is 3.01. The summed E-state index contributed by atoms with van der Waals surface area (Å²) in [7, 11) is 3.12. The molecule has 0 fully saturated rings. The van der Waals surface area contributed by atoms with E-state index in [4.69, 9.17) is 26.8 Å². The molecule has 1 aromatic carbocycles. The zero-order valence-corrected chi connectivity index (χ0v) is 8.61. The normalized spacial score (nSPS) is 9.85. The Morgan fingerprint density at radius 2 is 1.77 bits per heavy atom. The van der Waals surface area contributed by atoms with Crippen LogP contribution >= 0.6 is 11.6 Å². The summed E-state index contributed by atoms with van der Waals surface area (Å²) in [6, 6.07) is 1.72. The summed E-state index contributed by atoms with van der Waals surface area (Å²) in [6.07, 6.45) is 0. The highest BCUT2D eigenvalue weighted by atomic mass is 35.5. The number of halogens is 1. The molecule has 0 aromatic heterocycles. The van der Waals surface area contributed by atoms with Crippen LogP contribution in [0, 0.1) is 6.92 Å². The van der Waals surface area contributed by atoms with Gasteiger partial charge in [0.15, 0.2) is 0 Å². The van der Waals surface area contributed by atoms with E-state index in [0.717, 1.165) is 5.56 Å². The smallest absolute Gasteiger partial charge is 0.146 e. The molecule has 0 aliphatic rings. The van der Waals surface area contributed by atoms with Crippen LogP contribution in [0.3, 0.4) is 0 Å². The van der Waals surface area contributed by atoms with Gasteiger partial charge in [0, 0.05) is 11.6 Å². The third-order valence-electron chi connectivity index (χ3n) is 1.90. The van der Waals surface area contributed by atoms with Gasteiger partial charge in [0.1, 0.15) is 11.5 Å². The molecule has 3 nitrogen and oxygen atoms in total. The summed E-state index contributed by atoms with van der Waals surface area (Å²) in [6.45, 7) is 1.84. The van der Waals surface area contributed by atoms with Crippen molar-refractivity contribution in [3.8, 4) is 11.5 Å². The fourth-order valence-electron chi connectivity index (χ4n) is 1.10. The Kier molecular flexibility index (Phi) is 2.88. The number of hydrogen-bond acceptors (Lipinski definition) is 3. The number of nitrogens with two attached hydrogens (primary N) is 1. The molecule has 0 amide bonds. The van der Waals surface area contributed by atoms with Crippen molar-refractivity contribution >= 4 is 17.3 Å². The van der Waals surface area contributed by atoms with Crippen LogP contribution in [0.25, 0.3) is 0 Å². The van der Waals surface area contributed by atoms with E-state index in [1.165, 1.54) is 7.11 Å². The molecule has 0 aliphatic heterocycles. The van der Waals surface area contributed by atoms with E-state index in [-0.39, 0.29) is 0 Å². The van der Waals surface area contributed by atoms with E-state index in [9.17, 15) is 0 Å². The van der Waals surface area contributed by atoms with Gasteiger partial charge in [0.2, 0.25) is 0 Å². The van der Waals surface area contributed by atoms with Crippen molar-refractivity contribution in [1.29, 1.82) is 0 Å². The summed E-state index contributed by atoms with van der Waals surface area (Å²) in [5.41, 5.74) is 6.97. The number of anilines is 1. The van der Waals surface area contributed by atoms with Gasteiger partial charge in [-0.05, 0) is 6.92 Å². The lowest BCUT2D eigenvalue weighted by Gasteiger charge is -2.12. The first kappa shape index (κ1) is 9.99. The molecule has 1 aromatic rings. The van der Waals surface area contributed by atoms with Gasteiger partial charge in [0.25, 0.3) is 0 Å². The Bertz CT molecular complexity index is 298. The zero-order chi connectivity index (χ0) is 10.0. The van der Waals surface area contributed by atoms with Crippen LogP contribution in [-0.2, 0) is 0 Å². The first-order valence-electron chi connectivity index (χ1n) is 3.78. The minimum atomic E-state index is 0.447. The second kappa shape index (κ2) is 3.75. The molecule has 0 radical (unpaired) electrons. The molecule has 2 N–H and O–H groups in total. The van der Waals surface area contributed by atoms with Gasteiger partial charge in [-0.3, -0.25) is 0 Å². The average Bonchev–Trinajstić information content (AvgIpc) is 2.15. The number of ether oxygens (including phenoxy) is 2. The van der Waals surface area contributed by atoms with E-state index in [1.807, 2.05) is 6.92 Å². The van der Waals surface area contributed by atoms with Crippen LogP contribution in [0.1, 0.15) is 5.56 Å². The SMILES string of the molecule is COc1cc(OC)c(N)c(Cl)c1C. The first-order valence-corrected chi connectivity index (χ1v) is 4.16. The van der Waals surface area contributed by atoms with Crippen molar-refractivity contribution in [3.63, 3.8) is 0 Å². The third kappa shape index (κ3) is 1.65. The van der Waals surface area contributed by atoms with E-state index >= 15 is 0 Å². The highest BCUT2D eigenvalue weighted by Crippen LogP contribution is 2.38. The van der Waals surface area contributed by atoms with Crippen molar-refractivity contribution in [3.05, 3.63) is 16.7 Å². The molecule has 0 spiro atoms. The van der Waals surface area contributed by atoms with E-state index < -0.39 is 0 Å². The molecule has 1 rings (SSSR count). The molecule has 4 heteroatoms. The zero-order valence-electron chi connectivity index (χ0n) is 7.85. The van der Waals surface area contributed by atoms with Gasteiger partial charge in [-0.25, -0.2) is 0 Å². The minimum Gasteiger partial charge on any atom is -0.496 e. The molecule has 0 saturated carbocycles. The number of benzene rings is 1. The number of methoxy groups -OCH3 is 2. The molecular formula is C9H12ClNO2. The van der Waals surface area contributed by atoms with Gasteiger partial charge < -0.3 is 15.2 Å². The van der Waals surface area contributed by atoms with Crippen LogP contribution in [0.4, 0.5) is 5.69 Å². The van der Waals surface area contributed by atoms with Gasteiger partial charge in [-0.1, -0.05) is 11.6 Å². The predicted molar refractivity (Wildman–Crippen MR) is 53.7 cm³/mol.